The molecule has 2 aliphatic heterocycles. The van der Waals surface area contributed by atoms with Crippen LogP contribution in [-0.2, 0) is 22.3 Å². The van der Waals surface area contributed by atoms with Crippen molar-refractivity contribution < 1.29 is 9.31 Å². The third-order valence-corrected chi connectivity index (χ3v) is 5.29. The van der Waals surface area contributed by atoms with E-state index in [2.05, 4.69) is 57.7 Å². The standard InChI is InChI=1S/C17H26BNO2/c1-6-19-10-9-13-7-8-15(11-14(13)12-19)18-20-16(2,3)17(4,5)21-18/h7-8,11H,6,9-10,12H2,1-5H3. The second-order valence-electron chi connectivity index (χ2n) is 7.24. The molecule has 3 nitrogen and oxygen atoms in total. The van der Waals surface area contributed by atoms with Gasteiger partial charge >= 0.3 is 7.12 Å². The Labute approximate surface area is 128 Å². The van der Waals surface area contributed by atoms with E-state index in [1.54, 1.807) is 0 Å². The van der Waals surface area contributed by atoms with Crippen LogP contribution in [0.2, 0.25) is 0 Å². The number of nitrogens with zero attached hydrogens (tertiary/aromatic N) is 1. The average molecular weight is 287 g/mol. The van der Waals surface area contributed by atoms with Crippen LogP contribution in [0.25, 0.3) is 0 Å². The van der Waals surface area contributed by atoms with Gasteiger partial charge in [-0.25, -0.2) is 0 Å². The van der Waals surface area contributed by atoms with E-state index in [0.717, 1.165) is 25.0 Å². The van der Waals surface area contributed by atoms with Gasteiger partial charge in [0.05, 0.1) is 11.2 Å². The molecule has 0 amide bonds. The summed E-state index contributed by atoms with van der Waals surface area (Å²) < 4.78 is 12.3. The Morgan fingerprint density at radius 1 is 1.10 bits per heavy atom. The lowest BCUT2D eigenvalue weighted by Crippen LogP contribution is -2.41. The molecule has 0 saturated carbocycles. The highest BCUT2D eigenvalue weighted by Gasteiger charge is 2.51. The van der Waals surface area contributed by atoms with Crippen molar-refractivity contribution in [2.75, 3.05) is 13.1 Å². The summed E-state index contributed by atoms with van der Waals surface area (Å²) >= 11 is 0. The number of hydrogen-bond donors (Lipinski definition) is 0. The highest BCUT2D eigenvalue weighted by Crippen LogP contribution is 2.36. The summed E-state index contributed by atoms with van der Waals surface area (Å²) in [5.74, 6) is 0. The van der Waals surface area contributed by atoms with Crippen LogP contribution in [0.4, 0.5) is 0 Å². The first-order valence-corrected chi connectivity index (χ1v) is 8.02. The number of fused-ring (bicyclic) bond motifs is 1. The maximum Gasteiger partial charge on any atom is 0.494 e. The maximum atomic E-state index is 6.16. The third kappa shape index (κ3) is 2.65. The molecule has 3 rings (SSSR count). The van der Waals surface area contributed by atoms with Crippen molar-refractivity contribution in [2.45, 2.75) is 58.8 Å². The summed E-state index contributed by atoms with van der Waals surface area (Å²) in [6, 6.07) is 6.70. The van der Waals surface area contributed by atoms with E-state index in [9.17, 15) is 0 Å². The molecule has 21 heavy (non-hydrogen) atoms. The van der Waals surface area contributed by atoms with E-state index in [-0.39, 0.29) is 18.3 Å². The van der Waals surface area contributed by atoms with Crippen LogP contribution >= 0.6 is 0 Å². The summed E-state index contributed by atoms with van der Waals surface area (Å²) in [7, 11) is -0.252. The molecule has 1 aromatic rings. The van der Waals surface area contributed by atoms with Gasteiger partial charge in [0.15, 0.2) is 0 Å². The molecule has 2 aliphatic rings. The highest BCUT2D eigenvalue weighted by molar-refractivity contribution is 6.62. The Morgan fingerprint density at radius 3 is 2.38 bits per heavy atom. The van der Waals surface area contributed by atoms with Crippen molar-refractivity contribution in [3.8, 4) is 0 Å². The molecule has 4 heteroatoms. The zero-order valence-electron chi connectivity index (χ0n) is 13.9. The summed E-state index contributed by atoms with van der Waals surface area (Å²) in [6.45, 7) is 13.9. The van der Waals surface area contributed by atoms with Gasteiger partial charge in [0, 0.05) is 13.1 Å². The molecule has 0 atom stereocenters. The van der Waals surface area contributed by atoms with Crippen LogP contribution in [-0.4, -0.2) is 36.3 Å². The average Bonchev–Trinajstić information content (AvgIpc) is 2.66. The SMILES string of the molecule is CCN1CCc2ccc(B3OC(C)(C)C(C)(C)O3)cc2C1. The summed E-state index contributed by atoms with van der Waals surface area (Å²) in [5.41, 5.74) is 3.49. The fourth-order valence-corrected chi connectivity index (χ4v) is 3.03. The van der Waals surface area contributed by atoms with E-state index < -0.39 is 0 Å². The molecule has 0 aromatic heterocycles. The van der Waals surface area contributed by atoms with Crippen LogP contribution in [0.3, 0.4) is 0 Å². The topological polar surface area (TPSA) is 21.7 Å². The molecule has 0 spiro atoms. The minimum atomic E-state index is -0.275. The first-order valence-electron chi connectivity index (χ1n) is 8.02. The largest absolute Gasteiger partial charge is 0.494 e. The normalized spacial score (nSPS) is 24.1. The van der Waals surface area contributed by atoms with Gasteiger partial charge in [-0.3, -0.25) is 4.90 Å². The molecule has 0 aliphatic carbocycles. The van der Waals surface area contributed by atoms with Crippen molar-refractivity contribution in [3.05, 3.63) is 29.3 Å². The fourth-order valence-electron chi connectivity index (χ4n) is 3.03. The summed E-state index contributed by atoms with van der Waals surface area (Å²) in [4.78, 5) is 2.48. The molecule has 1 saturated heterocycles. The lowest BCUT2D eigenvalue weighted by molar-refractivity contribution is 0.00578. The van der Waals surface area contributed by atoms with E-state index >= 15 is 0 Å². The van der Waals surface area contributed by atoms with E-state index in [1.807, 2.05) is 0 Å². The molecule has 1 aromatic carbocycles. The predicted molar refractivity (Wildman–Crippen MR) is 86.8 cm³/mol. The number of hydrogen-bond acceptors (Lipinski definition) is 3. The lowest BCUT2D eigenvalue weighted by Gasteiger charge is -2.32. The Hall–Kier alpha value is -0.835. The second-order valence-corrected chi connectivity index (χ2v) is 7.24. The van der Waals surface area contributed by atoms with Crippen molar-refractivity contribution in [3.63, 3.8) is 0 Å². The van der Waals surface area contributed by atoms with Gasteiger partial charge in [0.1, 0.15) is 0 Å². The first-order chi connectivity index (χ1) is 9.82. The van der Waals surface area contributed by atoms with Crippen LogP contribution in [0.1, 0.15) is 45.7 Å². The fraction of sp³-hybridized carbons (Fsp3) is 0.647. The highest BCUT2D eigenvalue weighted by atomic mass is 16.7. The van der Waals surface area contributed by atoms with Gasteiger partial charge in [-0.05, 0) is 57.3 Å². The van der Waals surface area contributed by atoms with Gasteiger partial charge in [-0.2, -0.15) is 0 Å². The molecule has 2 heterocycles. The van der Waals surface area contributed by atoms with Crippen molar-refractivity contribution >= 4 is 12.6 Å². The van der Waals surface area contributed by atoms with Gasteiger partial charge < -0.3 is 9.31 Å². The molecule has 114 valence electrons. The van der Waals surface area contributed by atoms with E-state index in [0.29, 0.717) is 0 Å². The zero-order chi connectivity index (χ0) is 15.3. The van der Waals surface area contributed by atoms with Crippen LogP contribution in [0, 0.1) is 0 Å². The third-order valence-electron chi connectivity index (χ3n) is 5.29. The molecular formula is C17H26BNO2. The second kappa shape index (κ2) is 5.11. The van der Waals surface area contributed by atoms with Crippen LogP contribution in [0.5, 0.6) is 0 Å². The predicted octanol–water partition coefficient (Wildman–Crippen LogP) is 2.36. The Bertz CT molecular complexity index is 526. The number of likely N-dealkylation sites (N-methyl/N-ethyl adjacent to an activating group) is 1. The van der Waals surface area contributed by atoms with Gasteiger partial charge in [-0.1, -0.05) is 25.1 Å². The minimum Gasteiger partial charge on any atom is -0.399 e. The van der Waals surface area contributed by atoms with Crippen molar-refractivity contribution in [2.24, 2.45) is 0 Å². The molecule has 0 N–H and O–H groups in total. The zero-order valence-corrected chi connectivity index (χ0v) is 13.9. The molecule has 0 bridgehead atoms. The quantitative estimate of drug-likeness (QED) is 0.779. The van der Waals surface area contributed by atoms with E-state index in [1.165, 1.54) is 17.7 Å². The Balaban J connectivity index is 1.85. The van der Waals surface area contributed by atoms with Crippen molar-refractivity contribution in [1.29, 1.82) is 0 Å². The molecule has 1 fully saturated rings. The van der Waals surface area contributed by atoms with E-state index in [4.69, 9.17) is 9.31 Å². The smallest absolute Gasteiger partial charge is 0.399 e. The molecule has 0 radical (unpaired) electrons. The summed E-state index contributed by atoms with van der Waals surface area (Å²) in [6.07, 6.45) is 1.15. The van der Waals surface area contributed by atoms with Crippen LogP contribution < -0.4 is 5.46 Å². The number of rotatable bonds is 2. The van der Waals surface area contributed by atoms with Crippen LogP contribution in [0.15, 0.2) is 18.2 Å². The first kappa shape index (κ1) is 15.1. The monoisotopic (exact) mass is 287 g/mol. The van der Waals surface area contributed by atoms with Crippen molar-refractivity contribution in [1.82, 2.24) is 4.90 Å². The van der Waals surface area contributed by atoms with Gasteiger partial charge in [0.25, 0.3) is 0 Å². The Kier molecular flexibility index (Phi) is 3.67. The minimum absolute atomic E-state index is 0.252. The lowest BCUT2D eigenvalue weighted by atomic mass is 9.77. The maximum absolute atomic E-state index is 6.16. The summed E-state index contributed by atoms with van der Waals surface area (Å²) in [5, 5.41) is 0. The van der Waals surface area contributed by atoms with Gasteiger partial charge in [-0.15, -0.1) is 0 Å². The number of benzene rings is 1. The molecule has 0 unspecified atom stereocenters. The molecular weight excluding hydrogens is 261 g/mol. The Morgan fingerprint density at radius 2 is 1.76 bits per heavy atom. The van der Waals surface area contributed by atoms with Gasteiger partial charge in [0.2, 0.25) is 0 Å².